The average Bonchev–Trinajstić information content (AvgIpc) is 2.49. The van der Waals surface area contributed by atoms with E-state index < -0.39 is 17.8 Å². The zero-order valence-electron chi connectivity index (χ0n) is 12.5. The molecule has 3 atom stereocenters. The maximum atomic E-state index is 12.2. The molecule has 0 fully saturated rings. The predicted molar refractivity (Wildman–Crippen MR) is 85.6 cm³/mol. The van der Waals surface area contributed by atoms with Gasteiger partial charge in [-0.3, -0.25) is 0 Å². The summed E-state index contributed by atoms with van der Waals surface area (Å²) in [5, 5.41) is 13.5. The fourth-order valence-electron chi connectivity index (χ4n) is 2.90. The normalized spacial score (nSPS) is 24.5. The molecular formula is C16H16Cl2N2O2. The van der Waals surface area contributed by atoms with Gasteiger partial charge >= 0.3 is 5.97 Å². The fraction of sp³-hybridized carbons (Fsp3) is 0.375. The molecule has 1 aliphatic rings. The summed E-state index contributed by atoms with van der Waals surface area (Å²) < 4.78 is 4.89. The van der Waals surface area contributed by atoms with E-state index in [1.165, 1.54) is 7.11 Å². The second-order valence-electron chi connectivity index (χ2n) is 5.24. The van der Waals surface area contributed by atoms with Crippen molar-refractivity contribution in [2.24, 2.45) is 5.92 Å². The first kappa shape index (κ1) is 16.7. The zero-order valence-corrected chi connectivity index (χ0v) is 14.0. The van der Waals surface area contributed by atoms with Gasteiger partial charge in [-0.1, -0.05) is 35.3 Å². The van der Waals surface area contributed by atoms with E-state index >= 15 is 0 Å². The molecular weight excluding hydrogens is 323 g/mol. The van der Waals surface area contributed by atoms with Gasteiger partial charge in [0.2, 0.25) is 0 Å². The summed E-state index contributed by atoms with van der Waals surface area (Å²) in [6, 6.07) is 7.37. The minimum absolute atomic E-state index is 0.126. The van der Waals surface area contributed by atoms with Crippen LogP contribution in [0.1, 0.15) is 25.3 Å². The van der Waals surface area contributed by atoms with E-state index in [1.807, 2.05) is 6.92 Å². The maximum absolute atomic E-state index is 12.2. The molecule has 1 N–H and O–H groups in total. The summed E-state index contributed by atoms with van der Waals surface area (Å²) in [6.07, 6.45) is 0. The number of nitrogens with zero attached hydrogens (tertiary/aromatic N) is 1. The molecule has 22 heavy (non-hydrogen) atoms. The van der Waals surface area contributed by atoms with Crippen LogP contribution in [0.2, 0.25) is 10.0 Å². The number of ether oxygens (including phenoxy) is 1. The Morgan fingerprint density at radius 3 is 2.68 bits per heavy atom. The van der Waals surface area contributed by atoms with E-state index in [4.69, 9.17) is 27.9 Å². The highest BCUT2D eigenvalue weighted by atomic mass is 35.5. The summed E-state index contributed by atoms with van der Waals surface area (Å²) >= 11 is 12.4. The molecule has 0 aromatic heterocycles. The molecule has 0 radical (unpaired) electrons. The number of allylic oxidation sites excluding steroid dienone is 1. The summed E-state index contributed by atoms with van der Waals surface area (Å²) in [4.78, 5) is 12.2. The first-order valence-electron chi connectivity index (χ1n) is 6.81. The number of nitrogens with one attached hydrogen (secondary N) is 1. The average molecular weight is 339 g/mol. The molecule has 1 heterocycles. The minimum atomic E-state index is -0.486. The first-order valence-corrected chi connectivity index (χ1v) is 7.57. The van der Waals surface area contributed by atoms with Gasteiger partial charge in [-0.25, -0.2) is 4.79 Å². The highest BCUT2D eigenvalue weighted by molar-refractivity contribution is 6.42. The highest BCUT2D eigenvalue weighted by Gasteiger charge is 2.40. The molecule has 4 nitrogen and oxygen atoms in total. The predicted octanol–water partition coefficient (Wildman–Crippen LogP) is 3.66. The lowest BCUT2D eigenvalue weighted by Crippen LogP contribution is -2.43. The van der Waals surface area contributed by atoms with Gasteiger partial charge < -0.3 is 10.1 Å². The highest BCUT2D eigenvalue weighted by Crippen LogP contribution is 2.43. The third-order valence-electron chi connectivity index (χ3n) is 3.93. The fourth-order valence-corrected chi connectivity index (χ4v) is 3.32. The van der Waals surface area contributed by atoms with Crippen LogP contribution in [0, 0.1) is 17.2 Å². The Balaban J connectivity index is 2.69. The second-order valence-corrected chi connectivity index (χ2v) is 6.02. The standard InChI is InChI=1S/C16H16Cl2N2O2/c1-8-11(7-19)14(10-5-4-6-12(17)15(10)18)13(9(2)20-8)16(21)22-3/h4-6,8,11,14,20H,1-3H3. The lowest BCUT2D eigenvalue weighted by molar-refractivity contribution is -0.136. The number of rotatable bonds is 2. The van der Waals surface area contributed by atoms with Crippen molar-refractivity contribution >= 4 is 29.2 Å². The van der Waals surface area contributed by atoms with Crippen molar-refractivity contribution < 1.29 is 9.53 Å². The molecule has 0 amide bonds. The molecule has 1 aliphatic heterocycles. The van der Waals surface area contributed by atoms with E-state index in [0.29, 0.717) is 26.9 Å². The van der Waals surface area contributed by atoms with Gasteiger partial charge in [-0.15, -0.1) is 0 Å². The van der Waals surface area contributed by atoms with Crippen molar-refractivity contribution in [3.05, 3.63) is 45.1 Å². The molecule has 3 unspecified atom stereocenters. The summed E-state index contributed by atoms with van der Waals surface area (Å²) in [5.41, 5.74) is 1.76. The molecule has 0 spiro atoms. The Hall–Kier alpha value is -1.70. The van der Waals surface area contributed by atoms with Crippen molar-refractivity contribution in [2.75, 3.05) is 7.11 Å². The summed E-state index contributed by atoms with van der Waals surface area (Å²) in [5.74, 6) is -1.42. The van der Waals surface area contributed by atoms with Crippen LogP contribution in [-0.2, 0) is 9.53 Å². The van der Waals surface area contributed by atoms with Gasteiger partial charge in [-0.05, 0) is 25.5 Å². The van der Waals surface area contributed by atoms with Gasteiger partial charge in [0, 0.05) is 17.7 Å². The van der Waals surface area contributed by atoms with E-state index in [9.17, 15) is 10.1 Å². The van der Waals surface area contributed by atoms with Gasteiger partial charge in [-0.2, -0.15) is 5.26 Å². The third-order valence-corrected chi connectivity index (χ3v) is 4.76. The van der Waals surface area contributed by atoms with Crippen LogP contribution in [0.15, 0.2) is 29.5 Å². The Morgan fingerprint density at radius 1 is 1.41 bits per heavy atom. The van der Waals surface area contributed by atoms with Crippen LogP contribution in [0.4, 0.5) is 0 Å². The minimum Gasteiger partial charge on any atom is -0.466 e. The molecule has 0 saturated heterocycles. The van der Waals surface area contributed by atoms with Crippen LogP contribution in [-0.4, -0.2) is 19.1 Å². The van der Waals surface area contributed by atoms with Crippen molar-refractivity contribution in [2.45, 2.75) is 25.8 Å². The molecule has 0 bridgehead atoms. The van der Waals surface area contributed by atoms with Crippen LogP contribution >= 0.6 is 23.2 Å². The third kappa shape index (κ3) is 2.79. The first-order chi connectivity index (χ1) is 10.4. The van der Waals surface area contributed by atoms with Crippen molar-refractivity contribution in [3.8, 4) is 6.07 Å². The lowest BCUT2D eigenvalue weighted by atomic mass is 9.74. The van der Waals surface area contributed by atoms with E-state index in [2.05, 4.69) is 11.4 Å². The molecule has 1 aromatic rings. The Morgan fingerprint density at radius 2 is 2.09 bits per heavy atom. The SMILES string of the molecule is COC(=O)C1=C(C)NC(C)C(C#N)C1c1cccc(Cl)c1Cl. The number of nitriles is 1. The van der Waals surface area contributed by atoms with E-state index in [0.717, 1.165) is 0 Å². The van der Waals surface area contributed by atoms with Crippen LogP contribution in [0.5, 0.6) is 0 Å². The van der Waals surface area contributed by atoms with Crippen LogP contribution < -0.4 is 5.32 Å². The number of hydrogen-bond acceptors (Lipinski definition) is 4. The van der Waals surface area contributed by atoms with Crippen molar-refractivity contribution in [1.82, 2.24) is 5.32 Å². The molecule has 1 aromatic carbocycles. The van der Waals surface area contributed by atoms with Crippen LogP contribution in [0.3, 0.4) is 0 Å². The number of halogens is 2. The number of benzene rings is 1. The second kappa shape index (κ2) is 6.60. The molecule has 6 heteroatoms. The number of carbonyl (C=O) groups excluding carboxylic acids is 1. The van der Waals surface area contributed by atoms with Gasteiger partial charge in [0.05, 0.1) is 34.7 Å². The van der Waals surface area contributed by atoms with Crippen molar-refractivity contribution in [1.29, 1.82) is 5.26 Å². The topological polar surface area (TPSA) is 62.1 Å². The molecule has 2 rings (SSSR count). The smallest absolute Gasteiger partial charge is 0.336 e. The van der Waals surface area contributed by atoms with E-state index in [1.54, 1.807) is 25.1 Å². The summed E-state index contributed by atoms with van der Waals surface area (Å²) in [6.45, 7) is 3.69. The van der Waals surface area contributed by atoms with Gasteiger partial charge in [0.1, 0.15) is 0 Å². The monoisotopic (exact) mass is 338 g/mol. The lowest BCUT2D eigenvalue weighted by Gasteiger charge is -2.36. The number of hydrogen-bond donors (Lipinski definition) is 1. The zero-order chi connectivity index (χ0) is 16.4. The van der Waals surface area contributed by atoms with E-state index in [-0.39, 0.29) is 6.04 Å². The number of methoxy groups -OCH3 is 1. The Kier molecular flexibility index (Phi) is 5.00. The Bertz CT molecular complexity index is 679. The quantitative estimate of drug-likeness (QED) is 0.836. The van der Waals surface area contributed by atoms with Crippen molar-refractivity contribution in [3.63, 3.8) is 0 Å². The van der Waals surface area contributed by atoms with Crippen LogP contribution in [0.25, 0.3) is 0 Å². The summed E-state index contributed by atoms with van der Waals surface area (Å²) in [7, 11) is 1.32. The molecule has 0 aliphatic carbocycles. The van der Waals surface area contributed by atoms with Gasteiger partial charge in [0.15, 0.2) is 0 Å². The molecule has 116 valence electrons. The number of esters is 1. The number of carbonyl (C=O) groups is 1. The Labute approximate surface area is 139 Å². The largest absolute Gasteiger partial charge is 0.466 e. The van der Waals surface area contributed by atoms with Gasteiger partial charge in [0.25, 0.3) is 0 Å². The molecule has 0 saturated carbocycles. The maximum Gasteiger partial charge on any atom is 0.336 e.